The number of hydrogen-bond donors (Lipinski definition) is 4. The van der Waals surface area contributed by atoms with Gasteiger partial charge in [0.25, 0.3) is 11.6 Å². The first-order valence-electron chi connectivity index (χ1n) is 13.4. The average molecular weight is 544 g/mol. The van der Waals surface area contributed by atoms with Crippen LogP contribution in [0.4, 0.5) is 28.8 Å². The van der Waals surface area contributed by atoms with Crippen molar-refractivity contribution in [3.8, 4) is 0 Å². The number of nitro groups is 1. The Labute approximate surface area is 231 Å². The summed E-state index contributed by atoms with van der Waals surface area (Å²) in [5.74, 6) is 0.745. The lowest BCUT2D eigenvalue weighted by Gasteiger charge is -2.28. The van der Waals surface area contributed by atoms with E-state index in [4.69, 9.17) is 9.97 Å². The first-order chi connectivity index (χ1) is 19.3. The summed E-state index contributed by atoms with van der Waals surface area (Å²) in [6.07, 6.45) is 6.05. The number of rotatable bonds is 9. The zero-order valence-electron chi connectivity index (χ0n) is 22.7. The Balaban J connectivity index is 1.37. The van der Waals surface area contributed by atoms with Crippen molar-refractivity contribution >= 4 is 45.9 Å². The SMILES string of the molecule is CN[C@H]1CC[C@H](Nc2nc(Nc3cccc(NC(=O)c4ccc([N+](=O)[O-])cc4)c3)c3ncn(C(C)C)c3n2)CC1. The predicted octanol–water partition coefficient (Wildman–Crippen LogP) is 5.25. The maximum Gasteiger partial charge on any atom is 0.269 e. The number of aromatic nitrogens is 4. The van der Waals surface area contributed by atoms with Crippen molar-refractivity contribution in [2.45, 2.75) is 57.7 Å². The summed E-state index contributed by atoms with van der Waals surface area (Å²) in [4.78, 5) is 37.3. The predicted molar refractivity (Wildman–Crippen MR) is 155 cm³/mol. The van der Waals surface area contributed by atoms with Gasteiger partial charge in [0.2, 0.25) is 5.95 Å². The molecule has 1 saturated carbocycles. The van der Waals surface area contributed by atoms with Crippen molar-refractivity contribution < 1.29 is 9.72 Å². The van der Waals surface area contributed by atoms with Crippen LogP contribution in [0.15, 0.2) is 54.9 Å². The van der Waals surface area contributed by atoms with E-state index in [0.717, 1.165) is 31.3 Å². The van der Waals surface area contributed by atoms with E-state index in [1.54, 1.807) is 18.5 Å². The average Bonchev–Trinajstić information content (AvgIpc) is 3.38. The Morgan fingerprint density at radius 1 is 1.02 bits per heavy atom. The molecule has 1 aliphatic carbocycles. The molecule has 0 aliphatic heterocycles. The van der Waals surface area contributed by atoms with Crippen molar-refractivity contribution in [2.24, 2.45) is 0 Å². The van der Waals surface area contributed by atoms with Gasteiger partial charge in [-0.3, -0.25) is 14.9 Å². The molecule has 5 rings (SSSR count). The molecule has 0 atom stereocenters. The van der Waals surface area contributed by atoms with E-state index in [-0.39, 0.29) is 17.6 Å². The van der Waals surface area contributed by atoms with E-state index in [1.165, 1.54) is 24.3 Å². The summed E-state index contributed by atoms with van der Waals surface area (Å²) >= 11 is 0. The molecular formula is C28H33N9O3. The van der Waals surface area contributed by atoms with Crippen LogP contribution in [0.1, 0.15) is 55.9 Å². The highest BCUT2D eigenvalue weighted by Crippen LogP contribution is 2.29. The number of nitro benzene ring substituents is 1. The number of carbonyl (C=O) groups excluding carboxylic acids is 1. The van der Waals surface area contributed by atoms with Crippen LogP contribution in [-0.4, -0.2) is 49.5 Å². The van der Waals surface area contributed by atoms with Crippen LogP contribution in [0.2, 0.25) is 0 Å². The van der Waals surface area contributed by atoms with Gasteiger partial charge in [-0.25, -0.2) is 4.98 Å². The zero-order valence-corrected chi connectivity index (χ0v) is 22.7. The minimum absolute atomic E-state index is 0.0710. The smallest absolute Gasteiger partial charge is 0.269 e. The highest BCUT2D eigenvalue weighted by atomic mass is 16.6. The van der Waals surface area contributed by atoms with Crippen molar-refractivity contribution in [3.63, 3.8) is 0 Å². The molecule has 0 bridgehead atoms. The zero-order chi connectivity index (χ0) is 28.2. The molecule has 0 radical (unpaired) electrons. The molecular weight excluding hydrogens is 510 g/mol. The summed E-state index contributed by atoms with van der Waals surface area (Å²) in [5.41, 5.74) is 2.91. The number of nitrogens with one attached hydrogen (secondary N) is 4. The Kier molecular flexibility index (Phi) is 7.87. The number of imidazole rings is 1. The molecule has 40 heavy (non-hydrogen) atoms. The second kappa shape index (κ2) is 11.7. The van der Waals surface area contributed by atoms with Gasteiger partial charge in [0.1, 0.15) is 0 Å². The van der Waals surface area contributed by atoms with E-state index < -0.39 is 4.92 Å². The number of hydrogen-bond acceptors (Lipinski definition) is 9. The van der Waals surface area contributed by atoms with Crippen molar-refractivity contribution in [1.29, 1.82) is 0 Å². The molecule has 12 heteroatoms. The fourth-order valence-electron chi connectivity index (χ4n) is 4.90. The fourth-order valence-corrected chi connectivity index (χ4v) is 4.90. The van der Waals surface area contributed by atoms with Crippen LogP contribution in [0.25, 0.3) is 11.2 Å². The molecule has 208 valence electrons. The molecule has 0 spiro atoms. The number of benzene rings is 2. The summed E-state index contributed by atoms with van der Waals surface area (Å²) in [5, 5.41) is 24.0. The van der Waals surface area contributed by atoms with Gasteiger partial charge in [0, 0.05) is 47.2 Å². The Bertz CT molecular complexity index is 1510. The third-order valence-corrected chi connectivity index (χ3v) is 7.17. The Morgan fingerprint density at radius 3 is 2.40 bits per heavy atom. The molecule has 4 aromatic rings. The number of fused-ring (bicyclic) bond motifs is 1. The van der Waals surface area contributed by atoms with Crippen LogP contribution in [-0.2, 0) is 0 Å². The van der Waals surface area contributed by atoms with Crippen LogP contribution in [0, 0.1) is 10.1 Å². The molecule has 0 saturated heterocycles. The van der Waals surface area contributed by atoms with Gasteiger partial charge in [0.15, 0.2) is 17.0 Å². The molecule has 2 aromatic carbocycles. The molecule has 12 nitrogen and oxygen atoms in total. The maximum atomic E-state index is 12.7. The largest absolute Gasteiger partial charge is 0.351 e. The third-order valence-electron chi connectivity index (χ3n) is 7.17. The van der Waals surface area contributed by atoms with Gasteiger partial charge in [0.05, 0.1) is 11.3 Å². The van der Waals surface area contributed by atoms with Gasteiger partial charge in [-0.1, -0.05) is 6.07 Å². The number of carbonyl (C=O) groups is 1. The molecule has 2 heterocycles. The summed E-state index contributed by atoms with van der Waals surface area (Å²) < 4.78 is 2.02. The van der Waals surface area contributed by atoms with Crippen LogP contribution in [0.3, 0.4) is 0 Å². The Hall–Kier alpha value is -4.58. The van der Waals surface area contributed by atoms with E-state index >= 15 is 0 Å². The summed E-state index contributed by atoms with van der Waals surface area (Å²) in [6, 6.07) is 13.7. The lowest BCUT2D eigenvalue weighted by molar-refractivity contribution is -0.384. The number of amides is 1. The van der Waals surface area contributed by atoms with Crippen LogP contribution in [0.5, 0.6) is 0 Å². The lowest BCUT2D eigenvalue weighted by atomic mass is 9.91. The second-order valence-corrected chi connectivity index (χ2v) is 10.3. The first kappa shape index (κ1) is 27.0. The van der Waals surface area contributed by atoms with Crippen LogP contribution < -0.4 is 21.3 Å². The first-order valence-corrected chi connectivity index (χ1v) is 13.4. The molecule has 0 unspecified atom stereocenters. The number of anilines is 4. The highest BCUT2D eigenvalue weighted by Gasteiger charge is 2.22. The number of non-ortho nitro benzene ring substituents is 1. The van der Waals surface area contributed by atoms with Gasteiger partial charge in [-0.15, -0.1) is 0 Å². The molecule has 1 fully saturated rings. The van der Waals surface area contributed by atoms with E-state index in [0.29, 0.717) is 46.3 Å². The van der Waals surface area contributed by atoms with Crippen molar-refractivity contribution in [1.82, 2.24) is 24.8 Å². The van der Waals surface area contributed by atoms with Gasteiger partial charge < -0.3 is 25.8 Å². The van der Waals surface area contributed by atoms with Crippen molar-refractivity contribution in [2.75, 3.05) is 23.0 Å². The standard InChI is InChI=1S/C28H33N9O3/c1-17(2)36-16-30-24-25(34-28(35-26(24)36)33-20-11-9-19(29-3)10-12-20)31-21-5-4-6-22(15-21)32-27(38)18-7-13-23(14-8-18)37(39)40/h4-8,13-17,19-20,29H,9-12H2,1-3H3,(H,32,38)(H2,31,33,34,35)/t19-,20-. The third kappa shape index (κ3) is 6.01. The van der Waals surface area contributed by atoms with Gasteiger partial charge in [-0.05, 0) is 76.9 Å². The quantitative estimate of drug-likeness (QED) is 0.164. The monoisotopic (exact) mass is 543 g/mol. The maximum absolute atomic E-state index is 12.7. The van der Waals surface area contributed by atoms with Gasteiger partial charge in [-0.2, -0.15) is 9.97 Å². The van der Waals surface area contributed by atoms with E-state index in [9.17, 15) is 14.9 Å². The molecule has 1 aliphatic rings. The molecule has 1 amide bonds. The van der Waals surface area contributed by atoms with Crippen LogP contribution >= 0.6 is 0 Å². The molecule has 4 N–H and O–H groups in total. The minimum atomic E-state index is -0.500. The lowest BCUT2D eigenvalue weighted by Crippen LogP contribution is -2.35. The van der Waals surface area contributed by atoms with E-state index in [2.05, 4.69) is 40.1 Å². The summed E-state index contributed by atoms with van der Waals surface area (Å²) in [6.45, 7) is 4.17. The van der Waals surface area contributed by atoms with Gasteiger partial charge >= 0.3 is 0 Å². The minimum Gasteiger partial charge on any atom is -0.351 e. The second-order valence-electron chi connectivity index (χ2n) is 10.3. The normalized spacial score (nSPS) is 17.1. The topological polar surface area (TPSA) is 152 Å². The highest BCUT2D eigenvalue weighted by molar-refractivity contribution is 6.04. The van der Waals surface area contributed by atoms with Crippen molar-refractivity contribution in [3.05, 3.63) is 70.5 Å². The fraction of sp³-hybridized carbons (Fsp3) is 0.357. The number of nitrogens with zero attached hydrogens (tertiary/aromatic N) is 5. The summed E-state index contributed by atoms with van der Waals surface area (Å²) in [7, 11) is 2.01. The molecule has 2 aromatic heterocycles. The Morgan fingerprint density at radius 2 is 1.73 bits per heavy atom. The van der Waals surface area contributed by atoms with E-state index in [1.807, 2.05) is 23.7 Å².